The Morgan fingerprint density at radius 3 is 2.33 bits per heavy atom. The molecule has 0 aliphatic rings. The summed E-state index contributed by atoms with van der Waals surface area (Å²) < 4.78 is 0. The van der Waals surface area contributed by atoms with Crippen molar-refractivity contribution < 1.29 is 0 Å². The normalized spacial score (nSPS) is 12.0. The fourth-order valence-electron chi connectivity index (χ4n) is 2.43. The van der Waals surface area contributed by atoms with Gasteiger partial charge in [0, 0.05) is 30.4 Å². The van der Waals surface area contributed by atoms with E-state index < -0.39 is 0 Å². The van der Waals surface area contributed by atoms with Crippen LogP contribution in [0.3, 0.4) is 0 Å². The number of aromatic nitrogens is 1. The van der Waals surface area contributed by atoms with E-state index in [1.54, 1.807) is 0 Å². The molecule has 0 aromatic carbocycles. The van der Waals surface area contributed by atoms with Crippen molar-refractivity contribution in [2.75, 3.05) is 11.4 Å². The highest BCUT2D eigenvalue weighted by Crippen LogP contribution is 2.19. The Hall–Kier alpha value is -1.09. The zero-order valence-corrected chi connectivity index (χ0v) is 15.0. The van der Waals surface area contributed by atoms with Gasteiger partial charge < -0.3 is 10.2 Å². The van der Waals surface area contributed by atoms with Gasteiger partial charge in [-0.25, -0.2) is 4.98 Å². The number of rotatable bonds is 7. The molecule has 0 bridgehead atoms. The molecule has 1 aromatic heterocycles. The lowest BCUT2D eigenvalue weighted by Crippen LogP contribution is -2.35. The maximum atomic E-state index is 4.86. The molecule has 0 atom stereocenters. The van der Waals surface area contributed by atoms with Crippen LogP contribution in [0.1, 0.15) is 66.1 Å². The van der Waals surface area contributed by atoms with E-state index in [2.05, 4.69) is 70.8 Å². The SMILES string of the molecule is CCCc1cc(CNC(C)(C)C)cc(N(CC)C(C)C)n1. The van der Waals surface area contributed by atoms with Gasteiger partial charge in [-0.15, -0.1) is 0 Å². The minimum absolute atomic E-state index is 0.136. The van der Waals surface area contributed by atoms with Crippen LogP contribution in [0.25, 0.3) is 0 Å². The number of nitrogens with zero attached hydrogens (tertiary/aromatic N) is 2. The lowest BCUT2D eigenvalue weighted by molar-refractivity contribution is 0.424. The average Bonchev–Trinajstić information content (AvgIpc) is 2.36. The summed E-state index contributed by atoms with van der Waals surface area (Å²) in [6, 6.07) is 4.96. The molecule has 0 fully saturated rings. The second-order valence-corrected chi connectivity index (χ2v) is 7.06. The van der Waals surface area contributed by atoms with Gasteiger partial charge in [-0.2, -0.15) is 0 Å². The first-order valence-electron chi connectivity index (χ1n) is 8.28. The minimum Gasteiger partial charge on any atom is -0.354 e. The van der Waals surface area contributed by atoms with Crippen LogP contribution in [0.2, 0.25) is 0 Å². The van der Waals surface area contributed by atoms with Crippen molar-refractivity contribution in [1.82, 2.24) is 10.3 Å². The fourth-order valence-corrected chi connectivity index (χ4v) is 2.43. The second-order valence-electron chi connectivity index (χ2n) is 7.06. The maximum absolute atomic E-state index is 4.86. The van der Waals surface area contributed by atoms with E-state index >= 15 is 0 Å². The van der Waals surface area contributed by atoms with Gasteiger partial charge in [-0.05, 0) is 65.7 Å². The molecular weight excluding hydrogens is 258 g/mol. The molecule has 0 spiro atoms. The summed E-state index contributed by atoms with van der Waals surface area (Å²) in [5, 5.41) is 3.57. The van der Waals surface area contributed by atoms with E-state index in [1.165, 1.54) is 11.3 Å². The van der Waals surface area contributed by atoms with Crippen molar-refractivity contribution >= 4 is 5.82 Å². The molecule has 21 heavy (non-hydrogen) atoms. The number of aryl methyl sites for hydroxylation is 1. The molecule has 3 heteroatoms. The number of pyridine rings is 1. The van der Waals surface area contributed by atoms with Gasteiger partial charge in [-0.1, -0.05) is 13.3 Å². The topological polar surface area (TPSA) is 28.2 Å². The summed E-state index contributed by atoms with van der Waals surface area (Å²) in [6.45, 7) is 17.4. The summed E-state index contributed by atoms with van der Waals surface area (Å²) in [4.78, 5) is 7.22. The van der Waals surface area contributed by atoms with Gasteiger partial charge in [0.1, 0.15) is 5.82 Å². The molecule has 0 saturated carbocycles. The standard InChI is InChI=1S/C18H33N3/c1-8-10-16-11-15(13-19-18(5,6)7)12-17(20-16)21(9-2)14(3)4/h11-12,14,19H,8-10,13H2,1-7H3. The Kier molecular flexibility index (Phi) is 6.66. The number of hydrogen-bond acceptors (Lipinski definition) is 3. The van der Waals surface area contributed by atoms with Gasteiger partial charge in [0.15, 0.2) is 0 Å². The molecule has 1 aromatic rings. The molecule has 0 aliphatic carbocycles. The monoisotopic (exact) mass is 291 g/mol. The molecule has 1 N–H and O–H groups in total. The molecule has 3 nitrogen and oxygen atoms in total. The second kappa shape index (κ2) is 7.79. The molecule has 0 radical (unpaired) electrons. The van der Waals surface area contributed by atoms with Crippen molar-refractivity contribution in [2.24, 2.45) is 0 Å². The lowest BCUT2D eigenvalue weighted by Gasteiger charge is -2.28. The minimum atomic E-state index is 0.136. The van der Waals surface area contributed by atoms with Crippen LogP contribution in [0.15, 0.2) is 12.1 Å². The highest BCUT2D eigenvalue weighted by Gasteiger charge is 2.14. The lowest BCUT2D eigenvalue weighted by atomic mass is 10.1. The van der Waals surface area contributed by atoms with Crippen molar-refractivity contribution in [3.63, 3.8) is 0 Å². The molecule has 120 valence electrons. The van der Waals surface area contributed by atoms with Gasteiger partial charge in [0.25, 0.3) is 0 Å². The molecule has 0 unspecified atom stereocenters. The highest BCUT2D eigenvalue weighted by molar-refractivity contribution is 5.43. The van der Waals surface area contributed by atoms with E-state index in [0.717, 1.165) is 31.7 Å². The quantitative estimate of drug-likeness (QED) is 0.817. The average molecular weight is 291 g/mol. The van der Waals surface area contributed by atoms with Crippen LogP contribution in [0.4, 0.5) is 5.82 Å². The third-order valence-corrected chi connectivity index (χ3v) is 3.51. The molecule has 0 amide bonds. The Morgan fingerprint density at radius 1 is 1.19 bits per heavy atom. The zero-order valence-electron chi connectivity index (χ0n) is 15.0. The van der Waals surface area contributed by atoms with Crippen molar-refractivity contribution in [2.45, 2.75) is 79.4 Å². The fraction of sp³-hybridized carbons (Fsp3) is 0.722. The Labute approximate surface area is 131 Å². The van der Waals surface area contributed by atoms with Crippen molar-refractivity contribution in [3.05, 3.63) is 23.4 Å². The Bertz CT molecular complexity index is 433. The third kappa shape index (κ3) is 6.04. The Balaban J connectivity index is 3.04. The van der Waals surface area contributed by atoms with Gasteiger partial charge in [-0.3, -0.25) is 0 Å². The van der Waals surface area contributed by atoms with Crippen molar-refractivity contribution in [3.8, 4) is 0 Å². The third-order valence-electron chi connectivity index (χ3n) is 3.51. The van der Waals surface area contributed by atoms with E-state index in [1.807, 2.05) is 0 Å². The van der Waals surface area contributed by atoms with E-state index in [9.17, 15) is 0 Å². The first kappa shape index (κ1) is 18.0. The van der Waals surface area contributed by atoms with Crippen LogP contribution >= 0.6 is 0 Å². The summed E-state index contributed by atoms with van der Waals surface area (Å²) in [6.07, 6.45) is 2.18. The van der Waals surface area contributed by atoms with E-state index in [-0.39, 0.29) is 5.54 Å². The summed E-state index contributed by atoms with van der Waals surface area (Å²) in [7, 11) is 0. The van der Waals surface area contributed by atoms with Crippen LogP contribution < -0.4 is 10.2 Å². The van der Waals surface area contributed by atoms with Crippen LogP contribution in [0, 0.1) is 0 Å². The molecule has 0 aliphatic heterocycles. The first-order chi connectivity index (χ1) is 9.76. The van der Waals surface area contributed by atoms with E-state index in [0.29, 0.717) is 6.04 Å². The molecule has 1 rings (SSSR count). The van der Waals surface area contributed by atoms with Gasteiger partial charge >= 0.3 is 0 Å². The number of hydrogen-bond donors (Lipinski definition) is 1. The van der Waals surface area contributed by atoms with Gasteiger partial charge in [0.2, 0.25) is 0 Å². The number of nitrogens with one attached hydrogen (secondary N) is 1. The molecular formula is C18H33N3. The Morgan fingerprint density at radius 2 is 1.86 bits per heavy atom. The predicted octanol–water partition coefficient (Wildman–Crippen LogP) is 4.16. The van der Waals surface area contributed by atoms with Crippen LogP contribution in [-0.4, -0.2) is 23.1 Å². The predicted molar refractivity (Wildman–Crippen MR) is 93.0 cm³/mol. The number of anilines is 1. The van der Waals surface area contributed by atoms with Crippen LogP contribution in [-0.2, 0) is 13.0 Å². The summed E-state index contributed by atoms with van der Waals surface area (Å²) in [5.41, 5.74) is 2.67. The molecule has 1 heterocycles. The smallest absolute Gasteiger partial charge is 0.129 e. The first-order valence-corrected chi connectivity index (χ1v) is 8.28. The van der Waals surface area contributed by atoms with E-state index in [4.69, 9.17) is 4.98 Å². The van der Waals surface area contributed by atoms with Gasteiger partial charge in [0.05, 0.1) is 0 Å². The zero-order chi connectivity index (χ0) is 16.0. The maximum Gasteiger partial charge on any atom is 0.129 e. The summed E-state index contributed by atoms with van der Waals surface area (Å²) in [5.74, 6) is 1.11. The highest BCUT2D eigenvalue weighted by atomic mass is 15.2. The molecule has 0 saturated heterocycles. The van der Waals surface area contributed by atoms with Crippen molar-refractivity contribution in [1.29, 1.82) is 0 Å². The van der Waals surface area contributed by atoms with Crippen LogP contribution in [0.5, 0.6) is 0 Å². The summed E-state index contributed by atoms with van der Waals surface area (Å²) >= 11 is 0. The largest absolute Gasteiger partial charge is 0.354 e.